The van der Waals surface area contributed by atoms with E-state index in [1.165, 1.54) is 0 Å². The maximum atomic E-state index is 6.20. The molecule has 0 atom stereocenters. The molecule has 5 nitrogen and oxygen atoms in total. The van der Waals surface area contributed by atoms with Gasteiger partial charge in [-0.25, -0.2) is 4.98 Å². The molecule has 3 aromatic rings. The maximum Gasteiger partial charge on any atom is 0.161 e. The van der Waals surface area contributed by atoms with E-state index in [2.05, 4.69) is 27.1 Å². The van der Waals surface area contributed by atoms with Crippen molar-refractivity contribution >= 4 is 39.7 Å². The van der Waals surface area contributed by atoms with Crippen LogP contribution < -0.4 is 5.32 Å². The number of benzene rings is 1. The minimum absolute atomic E-state index is 0.706. The van der Waals surface area contributed by atoms with Crippen LogP contribution in [-0.2, 0) is 0 Å². The van der Waals surface area contributed by atoms with E-state index in [0.29, 0.717) is 10.8 Å². The van der Waals surface area contributed by atoms with E-state index in [-0.39, 0.29) is 0 Å². The van der Waals surface area contributed by atoms with E-state index in [4.69, 9.17) is 11.6 Å². The van der Waals surface area contributed by atoms with Crippen LogP contribution in [0.2, 0.25) is 5.02 Å². The lowest BCUT2D eigenvalue weighted by molar-refractivity contribution is 0.566. The first kappa shape index (κ1) is 17.0. The number of aryl methyl sites for hydroxylation is 1. The van der Waals surface area contributed by atoms with E-state index < -0.39 is 0 Å². The topological polar surface area (TPSA) is 56.8 Å². The highest BCUT2D eigenvalue weighted by atomic mass is 35.5. The SMILES string of the molecule is C=C/C(=C\N(C)C)c1cnc2[nH]nc(Nc3ccc(C)c(Cl)c3)c2c1. The van der Waals surface area contributed by atoms with Crippen LogP contribution in [0.5, 0.6) is 0 Å². The third-order valence-corrected chi connectivity index (χ3v) is 4.21. The molecular weight excluding hydrogens is 334 g/mol. The Morgan fingerprint density at radius 2 is 2.12 bits per heavy atom. The molecule has 2 heterocycles. The molecule has 0 amide bonds. The minimum Gasteiger partial charge on any atom is -0.383 e. The number of halogens is 1. The first-order valence-electron chi connectivity index (χ1n) is 7.86. The summed E-state index contributed by atoms with van der Waals surface area (Å²) in [5, 5.41) is 12.2. The molecule has 128 valence electrons. The molecule has 0 aliphatic heterocycles. The summed E-state index contributed by atoms with van der Waals surface area (Å²) in [6.07, 6.45) is 5.63. The number of rotatable bonds is 5. The van der Waals surface area contributed by atoms with Crippen molar-refractivity contribution in [2.75, 3.05) is 19.4 Å². The van der Waals surface area contributed by atoms with Gasteiger partial charge in [-0.1, -0.05) is 30.3 Å². The van der Waals surface area contributed by atoms with Crippen LogP contribution in [0.25, 0.3) is 16.6 Å². The van der Waals surface area contributed by atoms with Gasteiger partial charge in [0.15, 0.2) is 11.5 Å². The zero-order valence-electron chi connectivity index (χ0n) is 14.5. The number of anilines is 2. The first-order chi connectivity index (χ1) is 12.0. The summed E-state index contributed by atoms with van der Waals surface area (Å²) in [7, 11) is 3.95. The van der Waals surface area contributed by atoms with Gasteiger partial charge in [-0.05, 0) is 36.3 Å². The number of allylic oxidation sites excluding steroid dienone is 2. The van der Waals surface area contributed by atoms with E-state index in [0.717, 1.165) is 33.4 Å². The van der Waals surface area contributed by atoms with Crippen LogP contribution in [0.3, 0.4) is 0 Å². The van der Waals surface area contributed by atoms with Crippen LogP contribution >= 0.6 is 11.6 Å². The quantitative estimate of drug-likeness (QED) is 0.650. The van der Waals surface area contributed by atoms with E-state index in [1.54, 1.807) is 0 Å². The molecule has 2 aromatic heterocycles. The third kappa shape index (κ3) is 3.67. The van der Waals surface area contributed by atoms with Gasteiger partial charge in [0.2, 0.25) is 0 Å². The smallest absolute Gasteiger partial charge is 0.161 e. The van der Waals surface area contributed by atoms with Crippen LogP contribution in [0, 0.1) is 6.92 Å². The second-order valence-corrected chi connectivity index (χ2v) is 6.44. The zero-order chi connectivity index (χ0) is 18.0. The van der Waals surface area contributed by atoms with Crippen LogP contribution in [0.15, 0.2) is 49.3 Å². The number of aromatic amines is 1. The summed E-state index contributed by atoms with van der Waals surface area (Å²) in [4.78, 5) is 6.44. The largest absolute Gasteiger partial charge is 0.383 e. The number of nitrogens with zero attached hydrogens (tertiary/aromatic N) is 3. The van der Waals surface area contributed by atoms with Crippen molar-refractivity contribution in [3.63, 3.8) is 0 Å². The van der Waals surface area contributed by atoms with Gasteiger partial charge < -0.3 is 10.2 Å². The predicted molar refractivity (Wildman–Crippen MR) is 105 cm³/mol. The molecule has 0 fully saturated rings. The Bertz CT molecular complexity index is 956. The van der Waals surface area contributed by atoms with Crippen molar-refractivity contribution in [2.24, 2.45) is 0 Å². The van der Waals surface area contributed by atoms with Crippen molar-refractivity contribution in [1.29, 1.82) is 0 Å². The average molecular weight is 354 g/mol. The predicted octanol–water partition coefficient (Wildman–Crippen LogP) is 4.75. The highest BCUT2D eigenvalue weighted by Crippen LogP contribution is 2.28. The van der Waals surface area contributed by atoms with Crippen molar-refractivity contribution in [1.82, 2.24) is 20.1 Å². The van der Waals surface area contributed by atoms with Crippen molar-refractivity contribution in [3.8, 4) is 0 Å². The zero-order valence-corrected chi connectivity index (χ0v) is 15.2. The second kappa shape index (κ2) is 6.99. The number of fused-ring (bicyclic) bond motifs is 1. The number of nitrogens with one attached hydrogen (secondary N) is 2. The molecule has 1 aromatic carbocycles. The molecule has 0 bridgehead atoms. The maximum absolute atomic E-state index is 6.20. The Balaban J connectivity index is 2.00. The summed E-state index contributed by atoms with van der Waals surface area (Å²) in [5.74, 6) is 0.706. The molecule has 0 saturated heterocycles. The average Bonchev–Trinajstić information content (AvgIpc) is 2.98. The Kier molecular flexibility index (Phi) is 4.76. The molecule has 0 spiro atoms. The van der Waals surface area contributed by atoms with Crippen LogP contribution in [0.4, 0.5) is 11.5 Å². The van der Waals surface area contributed by atoms with Gasteiger partial charge >= 0.3 is 0 Å². The fraction of sp³-hybridized carbons (Fsp3) is 0.158. The minimum atomic E-state index is 0.706. The molecule has 6 heteroatoms. The van der Waals surface area contributed by atoms with Crippen LogP contribution in [-0.4, -0.2) is 34.2 Å². The number of pyridine rings is 1. The molecule has 0 aliphatic rings. The van der Waals surface area contributed by atoms with Gasteiger partial charge in [-0.3, -0.25) is 5.10 Å². The lowest BCUT2D eigenvalue weighted by Crippen LogP contribution is -2.02. The van der Waals surface area contributed by atoms with E-state index in [1.807, 2.05) is 68.7 Å². The Morgan fingerprint density at radius 3 is 2.80 bits per heavy atom. The van der Waals surface area contributed by atoms with Crippen molar-refractivity contribution < 1.29 is 0 Å². The van der Waals surface area contributed by atoms with Gasteiger partial charge in [0.25, 0.3) is 0 Å². The van der Waals surface area contributed by atoms with Gasteiger partial charge in [-0.2, -0.15) is 5.10 Å². The molecule has 0 saturated carbocycles. The molecule has 3 rings (SSSR count). The number of H-pyrrole nitrogens is 1. The number of aromatic nitrogens is 3. The van der Waals surface area contributed by atoms with Gasteiger partial charge in [-0.15, -0.1) is 0 Å². The molecule has 0 unspecified atom stereocenters. The first-order valence-corrected chi connectivity index (χ1v) is 8.24. The fourth-order valence-electron chi connectivity index (χ4n) is 2.49. The highest BCUT2D eigenvalue weighted by Gasteiger charge is 2.10. The normalized spacial score (nSPS) is 11.6. The summed E-state index contributed by atoms with van der Waals surface area (Å²) in [6.45, 7) is 5.86. The summed E-state index contributed by atoms with van der Waals surface area (Å²) in [5.41, 5.74) is 4.60. The molecule has 25 heavy (non-hydrogen) atoms. The number of hydrogen-bond donors (Lipinski definition) is 2. The fourth-order valence-corrected chi connectivity index (χ4v) is 2.67. The van der Waals surface area contributed by atoms with Crippen LogP contribution in [0.1, 0.15) is 11.1 Å². The lowest BCUT2D eigenvalue weighted by Gasteiger charge is -2.09. The van der Waals surface area contributed by atoms with Crippen molar-refractivity contribution in [3.05, 3.63) is 65.5 Å². The lowest BCUT2D eigenvalue weighted by atomic mass is 10.1. The van der Waals surface area contributed by atoms with Crippen molar-refractivity contribution in [2.45, 2.75) is 6.92 Å². The Labute approximate surface area is 152 Å². The summed E-state index contributed by atoms with van der Waals surface area (Å²) in [6, 6.07) is 7.87. The Hall–Kier alpha value is -2.79. The second-order valence-electron chi connectivity index (χ2n) is 6.03. The van der Waals surface area contributed by atoms with E-state index >= 15 is 0 Å². The Morgan fingerprint density at radius 1 is 1.32 bits per heavy atom. The molecule has 2 N–H and O–H groups in total. The van der Waals surface area contributed by atoms with Gasteiger partial charge in [0.05, 0.1) is 5.39 Å². The summed E-state index contributed by atoms with van der Waals surface area (Å²) < 4.78 is 0. The summed E-state index contributed by atoms with van der Waals surface area (Å²) >= 11 is 6.20. The number of hydrogen-bond acceptors (Lipinski definition) is 4. The highest BCUT2D eigenvalue weighted by molar-refractivity contribution is 6.31. The van der Waals surface area contributed by atoms with E-state index in [9.17, 15) is 0 Å². The van der Waals surface area contributed by atoms with Gasteiger partial charge in [0, 0.05) is 42.8 Å². The van der Waals surface area contributed by atoms with Gasteiger partial charge in [0.1, 0.15) is 0 Å². The third-order valence-electron chi connectivity index (χ3n) is 3.80. The molecule has 0 radical (unpaired) electrons. The standard InChI is InChI=1S/C19H20ClN5/c1-5-13(11-25(3)4)14-8-16-18(21-10-14)23-24-19(16)22-15-7-6-12(2)17(20)9-15/h5-11H,1H2,2-4H3,(H2,21,22,23,24)/b13-11+. The monoisotopic (exact) mass is 353 g/mol. The molecular formula is C19H20ClN5. The molecule has 0 aliphatic carbocycles.